The average molecular weight is 778 g/mol. The maximum Gasteiger partial charge on any atom is 0.338 e. The van der Waals surface area contributed by atoms with Crippen LogP contribution < -0.4 is 0 Å². The summed E-state index contributed by atoms with van der Waals surface area (Å²) in [4.78, 5) is 84.6. The van der Waals surface area contributed by atoms with Crippen molar-refractivity contribution >= 4 is 41.4 Å². The van der Waals surface area contributed by atoms with Crippen LogP contribution in [0.25, 0.3) is 5.76 Å². The Morgan fingerprint density at radius 3 is 2.00 bits per heavy atom. The van der Waals surface area contributed by atoms with Crippen LogP contribution >= 0.6 is 0 Å². The van der Waals surface area contributed by atoms with Gasteiger partial charge in [0.1, 0.15) is 30.2 Å². The van der Waals surface area contributed by atoms with Crippen molar-refractivity contribution in [1.82, 2.24) is 4.98 Å². The van der Waals surface area contributed by atoms with E-state index in [0.29, 0.717) is 5.56 Å². The molecule has 5 rings (SSSR count). The third-order valence-corrected chi connectivity index (χ3v) is 10.5. The van der Waals surface area contributed by atoms with Crippen molar-refractivity contribution in [3.63, 3.8) is 0 Å². The van der Waals surface area contributed by atoms with Crippen LogP contribution in [0.3, 0.4) is 0 Å². The summed E-state index contributed by atoms with van der Waals surface area (Å²) in [5.74, 6) is -10.0. The number of Topliss-reactive ketones (excluding diaryl/α,β-unsaturated/α-hetero) is 1. The summed E-state index contributed by atoms with van der Waals surface area (Å²) in [6.45, 7) is 17.4. The molecular formula is C41H47NO14. The minimum absolute atomic E-state index is 0.00626. The van der Waals surface area contributed by atoms with Crippen LogP contribution in [0, 0.1) is 17.3 Å². The number of carbonyl (C=O) groups excluding carboxylic acids is 6. The molecular weight excluding hydrogens is 730 g/mol. The molecule has 3 aliphatic rings. The molecule has 10 atom stereocenters. The van der Waals surface area contributed by atoms with Crippen LogP contribution in [0.5, 0.6) is 0 Å². The first-order valence-corrected chi connectivity index (χ1v) is 18.1. The Balaban J connectivity index is 1.86. The first-order valence-electron chi connectivity index (χ1n) is 18.1. The number of esters is 5. The quantitative estimate of drug-likeness (QED) is 0.165. The molecule has 0 radical (unpaired) electrons. The van der Waals surface area contributed by atoms with E-state index >= 15 is 0 Å². The second kappa shape index (κ2) is 16.0. The summed E-state index contributed by atoms with van der Waals surface area (Å²) >= 11 is 0. The SMILES string of the molecule is C=C(OC1C(OC(=O)c2ccccc2)C(OC(C)=O)C(=C)C(OC(C)=O)C2C(OC(C)=O)C(C)CC2(OC(C)=O)C2(O)CC(=O)C(O2)C1(C)C)c1cccnc1. The number of ether oxygens (including phenoxy) is 7. The predicted molar refractivity (Wildman–Crippen MR) is 195 cm³/mol. The summed E-state index contributed by atoms with van der Waals surface area (Å²) in [5, 5.41) is 12.8. The molecule has 300 valence electrons. The summed E-state index contributed by atoms with van der Waals surface area (Å²) in [6, 6.07) is 11.1. The van der Waals surface area contributed by atoms with E-state index in [1.54, 1.807) is 51.1 Å². The van der Waals surface area contributed by atoms with Crippen molar-refractivity contribution in [2.75, 3.05) is 0 Å². The molecule has 56 heavy (non-hydrogen) atoms. The third kappa shape index (κ3) is 7.96. The van der Waals surface area contributed by atoms with E-state index in [9.17, 15) is 33.9 Å². The summed E-state index contributed by atoms with van der Waals surface area (Å²) in [6.07, 6.45) is -7.69. The van der Waals surface area contributed by atoms with Crippen LogP contribution in [-0.4, -0.2) is 93.7 Å². The number of carbonyl (C=O) groups is 6. The zero-order valence-electron chi connectivity index (χ0n) is 32.3. The van der Waals surface area contributed by atoms with Crippen molar-refractivity contribution < 1.29 is 67.0 Å². The Bertz CT molecular complexity index is 1900. The maximum absolute atomic E-state index is 14.4. The van der Waals surface area contributed by atoms with Gasteiger partial charge in [-0.25, -0.2) is 4.79 Å². The molecule has 0 spiro atoms. The molecule has 15 nitrogen and oxygen atoms in total. The van der Waals surface area contributed by atoms with Crippen molar-refractivity contribution in [1.29, 1.82) is 0 Å². The predicted octanol–water partition coefficient (Wildman–Crippen LogP) is 4.06. The topological polar surface area (TPSA) is 200 Å². The lowest BCUT2D eigenvalue weighted by atomic mass is 9.71. The molecule has 1 saturated carbocycles. The number of hydrogen-bond donors (Lipinski definition) is 1. The summed E-state index contributed by atoms with van der Waals surface area (Å²) in [5.41, 5.74) is -3.66. The van der Waals surface area contributed by atoms with Gasteiger partial charge in [0, 0.05) is 56.6 Å². The molecule has 2 aromatic rings. The van der Waals surface area contributed by atoms with Crippen molar-refractivity contribution in [2.24, 2.45) is 17.3 Å². The lowest BCUT2D eigenvalue weighted by molar-refractivity contribution is -0.322. The van der Waals surface area contributed by atoms with Crippen molar-refractivity contribution in [3.05, 3.63) is 84.7 Å². The van der Waals surface area contributed by atoms with Crippen LogP contribution in [0.15, 0.2) is 73.6 Å². The van der Waals surface area contributed by atoms with E-state index < -0.39 is 107 Å². The number of rotatable bonds is 9. The maximum atomic E-state index is 14.4. The zero-order valence-corrected chi connectivity index (χ0v) is 32.3. The van der Waals surface area contributed by atoms with Gasteiger partial charge >= 0.3 is 29.8 Å². The fraction of sp³-hybridized carbons (Fsp3) is 0.488. The minimum Gasteiger partial charge on any atom is -0.486 e. The Hall–Kier alpha value is -5.41. The van der Waals surface area contributed by atoms with Gasteiger partial charge < -0.3 is 38.3 Å². The largest absolute Gasteiger partial charge is 0.486 e. The molecule has 1 aromatic carbocycles. The lowest BCUT2D eigenvalue weighted by Crippen LogP contribution is -2.64. The average Bonchev–Trinajstić information content (AvgIpc) is 3.59. The van der Waals surface area contributed by atoms with E-state index in [1.807, 2.05) is 0 Å². The van der Waals surface area contributed by atoms with Gasteiger partial charge in [0.15, 0.2) is 23.6 Å². The van der Waals surface area contributed by atoms with Gasteiger partial charge in [-0.15, -0.1) is 0 Å². The van der Waals surface area contributed by atoms with Crippen LogP contribution in [0.1, 0.15) is 77.2 Å². The number of ketones is 1. The Labute approximate surface area is 324 Å². The van der Waals surface area contributed by atoms with E-state index in [-0.39, 0.29) is 23.3 Å². The number of pyridine rings is 1. The van der Waals surface area contributed by atoms with Gasteiger partial charge in [-0.2, -0.15) is 0 Å². The lowest BCUT2D eigenvalue weighted by Gasteiger charge is -2.47. The molecule has 1 N–H and O–H groups in total. The summed E-state index contributed by atoms with van der Waals surface area (Å²) in [7, 11) is 0. The number of benzene rings is 1. The first kappa shape index (κ1) is 41.7. The van der Waals surface area contributed by atoms with Crippen LogP contribution in [0.2, 0.25) is 0 Å². The van der Waals surface area contributed by atoms with Gasteiger partial charge in [-0.3, -0.25) is 29.0 Å². The first-order chi connectivity index (χ1) is 26.2. The van der Waals surface area contributed by atoms with Crippen LogP contribution in [-0.2, 0) is 57.1 Å². The number of fused-ring (bicyclic) bond motifs is 4. The highest BCUT2D eigenvalue weighted by atomic mass is 16.7. The Morgan fingerprint density at radius 2 is 1.43 bits per heavy atom. The third-order valence-electron chi connectivity index (χ3n) is 10.5. The highest BCUT2D eigenvalue weighted by Crippen LogP contribution is 2.58. The Morgan fingerprint density at radius 1 is 0.821 bits per heavy atom. The standard InChI is InChI=1S/C41H47NO14/c1-21-18-40(55-27(7)46)31(32(21)51-24(4)43)33(52-25(5)44)22(2)34(53-26(6)45)35(54-38(48)28-14-11-10-12-15-28)37(50-23(3)29-16-13-17-42-20-29)39(8,9)36-30(47)19-41(40,49)56-36/h10-17,20-21,31-37,49H,2-3,18-19H2,1,4-9H3. The van der Waals surface area contributed by atoms with E-state index in [4.69, 9.17) is 33.2 Å². The molecule has 2 bridgehead atoms. The van der Waals surface area contributed by atoms with E-state index in [1.165, 1.54) is 24.5 Å². The van der Waals surface area contributed by atoms with Gasteiger partial charge in [0.2, 0.25) is 5.79 Å². The molecule has 1 aliphatic carbocycles. The highest BCUT2D eigenvalue weighted by Gasteiger charge is 2.75. The van der Waals surface area contributed by atoms with E-state index in [0.717, 1.165) is 27.7 Å². The molecule has 3 fully saturated rings. The second-order valence-electron chi connectivity index (χ2n) is 15.1. The number of hydrogen-bond acceptors (Lipinski definition) is 15. The molecule has 1 aromatic heterocycles. The molecule has 3 heterocycles. The fourth-order valence-corrected chi connectivity index (χ4v) is 8.30. The zero-order chi connectivity index (χ0) is 41.3. The van der Waals surface area contributed by atoms with Gasteiger partial charge in [0.25, 0.3) is 0 Å². The highest BCUT2D eigenvalue weighted by molar-refractivity contribution is 5.90. The van der Waals surface area contributed by atoms with Crippen LogP contribution in [0.4, 0.5) is 0 Å². The molecule has 15 heteroatoms. The second-order valence-corrected chi connectivity index (χ2v) is 15.1. The van der Waals surface area contributed by atoms with Gasteiger partial charge in [-0.05, 0) is 36.6 Å². The number of nitrogens with zero attached hydrogens (tertiary/aromatic N) is 1. The monoisotopic (exact) mass is 777 g/mol. The Kier molecular flexibility index (Phi) is 11.9. The molecule has 10 unspecified atom stereocenters. The minimum atomic E-state index is -2.65. The summed E-state index contributed by atoms with van der Waals surface area (Å²) < 4.78 is 43.0. The number of aliphatic hydroxyl groups is 1. The smallest absolute Gasteiger partial charge is 0.338 e. The van der Waals surface area contributed by atoms with Gasteiger partial charge in [0.05, 0.1) is 17.9 Å². The molecule has 2 saturated heterocycles. The fourth-order valence-electron chi connectivity index (χ4n) is 8.30. The number of aromatic nitrogens is 1. The molecule has 2 aliphatic heterocycles. The van der Waals surface area contributed by atoms with Crippen molar-refractivity contribution in [3.8, 4) is 0 Å². The molecule has 0 amide bonds. The normalized spacial score (nSPS) is 32.1. The van der Waals surface area contributed by atoms with Crippen molar-refractivity contribution in [2.45, 2.75) is 109 Å². The van der Waals surface area contributed by atoms with Gasteiger partial charge in [-0.1, -0.05) is 52.1 Å². The van der Waals surface area contributed by atoms with E-state index in [2.05, 4.69) is 18.1 Å².